The van der Waals surface area contributed by atoms with Crippen molar-refractivity contribution in [2.75, 3.05) is 0 Å². The first kappa shape index (κ1) is 9.96. The average molecular weight is 180 g/mol. The molecule has 0 aliphatic heterocycles. The molecule has 1 aromatic rings. The number of rotatable bonds is 4. The van der Waals surface area contributed by atoms with Crippen LogP contribution in [0, 0.1) is 5.92 Å². The van der Waals surface area contributed by atoms with Crippen molar-refractivity contribution in [2.24, 2.45) is 13.0 Å². The molecule has 1 unspecified atom stereocenters. The molecular weight excluding hydrogens is 164 g/mol. The van der Waals surface area contributed by atoms with Crippen molar-refractivity contribution in [2.45, 2.75) is 26.7 Å². The Hall–Kier alpha value is -1.12. The molecule has 0 bridgehead atoms. The van der Waals surface area contributed by atoms with E-state index in [0.29, 0.717) is 5.82 Å². The number of aryl methyl sites for hydroxylation is 1. The van der Waals surface area contributed by atoms with E-state index in [4.69, 9.17) is 0 Å². The summed E-state index contributed by atoms with van der Waals surface area (Å²) in [5, 5.41) is 0. The highest BCUT2D eigenvalue weighted by atomic mass is 16.1. The number of imidazole rings is 1. The Kier molecular flexibility index (Phi) is 3.23. The van der Waals surface area contributed by atoms with Crippen LogP contribution in [0.2, 0.25) is 0 Å². The van der Waals surface area contributed by atoms with Crippen LogP contribution in [0.25, 0.3) is 0 Å². The minimum Gasteiger partial charge on any atom is -0.332 e. The van der Waals surface area contributed by atoms with Gasteiger partial charge in [-0.05, 0) is 6.42 Å². The molecule has 0 N–H and O–H groups in total. The lowest BCUT2D eigenvalue weighted by Gasteiger charge is -2.07. The SMILES string of the molecule is CCCC(C)C(=O)c1nccn1C. The summed E-state index contributed by atoms with van der Waals surface area (Å²) < 4.78 is 1.77. The molecule has 0 radical (unpaired) electrons. The zero-order valence-electron chi connectivity index (χ0n) is 8.45. The smallest absolute Gasteiger partial charge is 0.201 e. The molecule has 1 heterocycles. The van der Waals surface area contributed by atoms with E-state index in [1.807, 2.05) is 14.0 Å². The standard InChI is InChI=1S/C10H16N2O/c1-4-5-8(2)9(13)10-11-6-7-12(10)3/h6-8H,4-5H2,1-3H3. The van der Waals surface area contributed by atoms with Gasteiger partial charge in [-0.3, -0.25) is 4.79 Å². The van der Waals surface area contributed by atoms with Crippen LogP contribution in [-0.2, 0) is 7.05 Å². The molecule has 0 saturated heterocycles. The number of carbonyl (C=O) groups excluding carboxylic acids is 1. The Balaban J connectivity index is 2.73. The van der Waals surface area contributed by atoms with Crippen LogP contribution in [0.15, 0.2) is 12.4 Å². The van der Waals surface area contributed by atoms with Crippen LogP contribution in [0.1, 0.15) is 37.3 Å². The van der Waals surface area contributed by atoms with Gasteiger partial charge in [0, 0.05) is 25.4 Å². The first-order chi connectivity index (χ1) is 6.16. The molecule has 13 heavy (non-hydrogen) atoms. The minimum absolute atomic E-state index is 0.0890. The van der Waals surface area contributed by atoms with Crippen LogP contribution in [0.5, 0.6) is 0 Å². The Labute approximate surface area is 78.8 Å². The molecule has 72 valence electrons. The van der Waals surface area contributed by atoms with Gasteiger partial charge < -0.3 is 4.57 Å². The zero-order chi connectivity index (χ0) is 9.84. The van der Waals surface area contributed by atoms with Crippen LogP contribution in [0.4, 0.5) is 0 Å². The molecule has 3 heteroatoms. The third kappa shape index (κ3) is 2.17. The predicted octanol–water partition coefficient (Wildman–Crippen LogP) is 2.04. The molecular formula is C10H16N2O. The van der Waals surface area contributed by atoms with E-state index in [-0.39, 0.29) is 11.7 Å². The van der Waals surface area contributed by atoms with Crippen LogP contribution in [0.3, 0.4) is 0 Å². The van der Waals surface area contributed by atoms with Crippen LogP contribution >= 0.6 is 0 Å². The van der Waals surface area contributed by atoms with E-state index in [1.165, 1.54) is 0 Å². The first-order valence-corrected chi connectivity index (χ1v) is 4.68. The Bertz CT molecular complexity index is 291. The van der Waals surface area contributed by atoms with Gasteiger partial charge in [-0.1, -0.05) is 20.3 Å². The fraction of sp³-hybridized carbons (Fsp3) is 0.600. The summed E-state index contributed by atoms with van der Waals surface area (Å²) in [6, 6.07) is 0. The van der Waals surface area contributed by atoms with Gasteiger partial charge in [0.15, 0.2) is 5.82 Å². The minimum atomic E-state index is 0.0890. The number of hydrogen-bond acceptors (Lipinski definition) is 2. The summed E-state index contributed by atoms with van der Waals surface area (Å²) in [7, 11) is 1.85. The summed E-state index contributed by atoms with van der Waals surface area (Å²) in [5.41, 5.74) is 0. The van der Waals surface area contributed by atoms with Crippen molar-refractivity contribution >= 4 is 5.78 Å². The van der Waals surface area contributed by atoms with Gasteiger partial charge in [0.2, 0.25) is 5.78 Å². The topological polar surface area (TPSA) is 34.9 Å². The summed E-state index contributed by atoms with van der Waals surface area (Å²) in [6.07, 6.45) is 5.43. The van der Waals surface area contributed by atoms with E-state index < -0.39 is 0 Å². The van der Waals surface area contributed by atoms with E-state index in [0.717, 1.165) is 12.8 Å². The molecule has 0 aliphatic rings. The van der Waals surface area contributed by atoms with Gasteiger partial charge in [0.05, 0.1) is 0 Å². The summed E-state index contributed by atoms with van der Waals surface area (Å²) in [5.74, 6) is 0.807. The van der Waals surface area contributed by atoms with E-state index in [2.05, 4.69) is 11.9 Å². The quantitative estimate of drug-likeness (QED) is 0.664. The number of aromatic nitrogens is 2. The average Bonchev–Trinajstić information content (AvgIpc) is 2.50. The van der Waals surface area contributed by atoms with Crippen molar-refractivity contribution in [3.8, 4) is 0 Å². The molecule has 1 rings (SSSR count). The normalized spacial score (nSPS) is 12.8. The molecule has 0 aromatic carbocycles. The second-order valence-electron chi connectivity index (χ2n) is 3.42. The second kappa shape index (κ2) is 4.21. The maximum absolute atomic E-state index is 11.7. The number of ketones is 1. The third-order valence-electron chi connectivity index (χ3n) is 2.21. The van der Waals surface area contributed by atoms with Gasteiger partial charge in [0.25, 0.3) is 0 Å². The Morgan fingerprint density at radius 3 is 2.85 bits per heavy atom. The monoisotopic (exact) mass is 180 g/mol. The number of nitrogens with zero attached hydrogens (tertiary/aromatic N) is 2. The summed E-state index contributed by atoms with van der Waals surface area (Å²) in [6.45, 7) is 4.04. The van der Waals surface area contributed by atoms with Gasteiger partial charge in [-0.25, -0.2) is 4.98 Å². The Morgan fingerprint density at radius 2 is 2.38 bits per heavy atom. The van der Waals surface area contributed by atoms with E-state index in [1.54, 1.807) is 17.0 Å². The number of carbonyl (C=O) groups is 1. The maximum Gasteiger partial charge on any atom is 0.201 e. The molecule has 0 spiro atoms. The highest BCUT2D eigenvalue weighted by Crippen LogP contribution is 2.11. The van der Waals surface area contributed by atoms with Crippen LogP contribution in [-0.4, -0.2) is 15.3 Å². The lowest BCUT2D eigenvalue weighted by atomic mass is 10.0. The molecule has 1 aromatic heterocycles. The highest BCUT2D eigenvalue weighted by Gasteiger charge is 2.17. The maximum atomic E-state index is 11.7. The molecule has 0 aliphatic carbocycles. The lowest BCUT2D eigenvalue weighted by Crippen LogP contribution is -2.15. The second-order valence-corrected chi connectivity index (χ2v) is 3.42. The zero-order valence-corrected chi connectivity index (χ0v) is 8.45. The van der Waals surface area contributed by atoms with E-state index in [9.17, 15) is 4.79 Å². The first-order valence-electron chi connectivity index (χ1n) is 4.68. The largest absolute Gasteiger partial charge is 0.332 e. The summed E-state index contributed by atoms with van der Waals surface area (Å²) in [4.78, 5) is 15.8. The van der Waals surface area contributed by atoms with Gasteiger partial charge in [-0.2, -0.15) is 0 Å². The number of hydrogen-bond donors (Lipinski definition) is 0. The predicted molar refractivity (Wildman–Crippen MR) is 51.6 cm³/mol. The Morgan fingerprint density at radius 1 is 1.69 bits per heavy atom. The van der Waals surface area contributed by atoms with Gasteiger partial charge >= 0.3 is 0 Å². The third-order valence-corrected chi connectivity index (χ3v) is 2.21. The fourth-order valence-corrected chi connectivity index (χ4v) is 1.39. The van der Waals surface area contributed by atoms with Gasteiger partial charge in [0.1, 0.15) is 0 Å². The van der Waals surface area contributed by atoms with Crippen molar-refractivity contribution in [1.29, 1.82) is 0 Å². The summed E-state index contributed by atoms with van der Waals surface area (Å²) >= 11 is 0. The molecule has 0 amide bonds. The van der Waals surface area contributed by atoms with Crippen molar-refractivity contribution in [3.05, 3.63) is 18.2 Å². The molecule has 0 saturated carbocycles. The van der Waals surface area contributed by atoms with Crippen molar-refractivity contribution < 1.29 is 4.79 Å². The number of Topliss-reactive ketones (excluding diaryl/α,β-unsaturated/α-hetero) is 1. The molecule has 1 atom stereocenters. The molecule has 3 nitrogen and oxygen atoms in total. The van der Waals surface area contributed by atoms with Crippen LogP contribution < -0.4 is 0 Å². The van der Waals surface area contributed by atoms with Gasteiger partial charge in [-0.15, -0.1) is 0 Å². The fourth-order valence-electron chi connectivity index (χ4n) is 1.39. The van der Waals surface area contributed by atoms with Crippen molar-refractivity contribution in [3.63, 3.8) is 0 Å². The molecule has 0 fully saturated rings. The van der Waals surface area contributed by atoms with Crippen molar-refractivity contribution in [1.82, 2.24) is 9.55 Å². The van der Waals surface area contributed by atoms with E-state index >= 15 is 0 Å². The highest BCUT2D eigenvalue weighted by molar-refractivity contribution is 5.94. The lowest BCUT2D eigenvalue weighted by molar-refractivity contribution is 0.0910.